The van der Waals surface area contributed by atoms with Crippen LogP contribution in [-0.2, 0) is 22.3 Å². The van der Waals surface area contributed by atoms with Crippen molar-refractivity contribution < 1.29 is 27.5 Å². The van der Waals surface area contributed by atoms with E-state index in [1.807, 2.05) is 11.8 Å². The van der Waals surface area contributed by atoms with Gasteiger partial charge in [0.1, 0.15) is 0 Å². The van der Waals surface area contributed by atoms with Crippen LogP contribution in [0.3, 0.4) is 0 Å². The highest BCUT2D eigenvalue weighted by Crippen LogP contribution is 2.34. The molecule has 2 fully saturated rings. The molecule has 2 aliphatic rings. The van der Waals surface area contributed by atoms with E-state index in [0.29, 0.717) is 61.6 Å². The first-order valence-electron chi connectivity index (χ1n) is 13.5. The Bertz CT molecular complexity index is 1400. The Labute approximate surface area is 236 Å². The molecule has 2 aromatic carbocycles. The number of nitrogens with zero attached hydrogens (tertiary/aromatic N) is 3. The summed E-state index contributed by atoms with van der Waals surface area (Å²) in [4.78, 5) is 33.8. The monoisotopic (exact) mass is 567 g/mol. The summed E-state index contributed by atoms with van der Waals surface area (Å²) in [6, 6.07) is 12.0. The topological polar surface area (TPSA) is 101 Å². The van der Waals surface area contributed by atoms with E-state index in [1.165, 1.54) is 12.3 Å². The number of ether oxygens (including phenoxy) is 1. The molecule has 2 amide bonds. The first-order chi connectivity index (χ1) is 19.6. The molecule has 0 spiro atoms. The number of piperazine rings is 1. The molecule has 0 aliphatic carbocycles. The minimum atomic E-state index is -4.45. The molecule has 3 N–H and O–H groups in total. The maximum Gasteiger partial charge on any atom is 0.416 e. The summed E-state index contributed by atoms with van der Waals surface area (Å²) in [5, 5.41) is 2.97. The van der Waals surface area contributed by atoms with Crippen molar-refractivity contribution in [1.29, 1.82) is 0 Å². The van der Waals surface area contributed by atoms with Gasteiger partial charge in [0, 0.05) is 38.9 Å². The molecule has 41 heavy (non-hydrogen) atoms. The Morgan fingerprint density at radius 2 is 1.76 bits per heavy atom. The van der Waals surface area contributed by atoms with Gasteiger partial charge in [-0.25, -0.2) is 0 Å². The van der Waals surface area contributed by atoms with Crippen LogP contribution >= 0.6 is 0 Å². The normalized spacial score (nSPS) is 16.7. The number of nitrogens with one attached hydrogen (secondary N) is 1. The van der Waals surface area contributed by atoms with Gasteiger partial charge in [-0.1, -0.05) is 30.3 Å². The second-order valence-electron chi connectivity index (χ2n) is 10.4. The fourth-order valence-electron chi connectivity index (χ4n) is 5.06. The van der Waals surface area contributed by atoms with Crippen LogP contribution in [0.2, 0.25) is 0 Å². The largest absolute Gasteiger partial charge is 0.416 e. The van der Waals surface area contributed by atoms with Crippen molar-refractivity contribution in [3.8, 4) is 11.1 Å². The van der Waals surface area contributed by atoms with Crippen LogP contribution in [0.5, 0.6) is 0 Å². The Balaban J connectivity index is 1.22. The highest BCUT2D eigenvalue weighted by molar-refractivity contribution is 5.95. The first-order valence-corrected chi connectivity index (χ1v) is 13.5. The van der Waals surface area contributed by atoms with E-state index in [0.717, 1.165) is 23.4 Å². The van der Waals surface area contributed by atoms with E-state index in [1.54, 1.807) is 36.5 Å². The van der Waals surface area contributed by atoms with Gasteiger partial charge in [0.2, 0.25) is 5.91 Å². The lowest BCUT2D eigenvalue weighted by molar-refractivity contribution is -0.150. The summed E-state index contributed by atoms with van der Waals surface area (Å²) in [5.74, 6) is -0.186. The highest BCUT2D eigenvalue weighted by atomic mass is 19.4. The molecule has 0 saturated carbocycles. The molecule has 11 heteroatoms. The number of nitrogens with two attached hydrogens (primary N) is 1. The van der Waals surface area contributed by atoms with Crippen molar-refractivity contribution in [2.24, 2.45) is 11.7 Å². The SMILES string of the molecule is CC(NC(=O)c1cncc(N2CCN(C(=O)C3COC3)CC2)c1)c1ccc(-c2cc(C(F)(F)F)ccc2CN)cc1. The number of benzene rings is 2. The van der Waals surface area contributed by atoms with Crippen molar-refractivity contribution >= 4 is 17.5 Å². The summed E-state index contributed by atoms with van der Waals surface area (Å²) < 4.78 is 44.9. The third-order valence-corrected chi connectivity index (χ3v) is 7.66. The lowest BCUT2D eigenvalue weighted by Gasteiger charge is -2.39. The van der Waals surface area contributed by atoms with E-state index in [2.05, 4.69) is 15.2 Å². The van der Waals surface area contributed by atoms with Crippen LogP contribution in [0.15, 0.2) is 60.9 Å². The second kappa shape index (κ2) is 11.9. The number of pyridine rings is 1. The van der Waals surface area contributed by atoms with Crippen LogP contribution in [0, 0.1) is 5.92 Å². The lowest BCUT2D eigenvalue weighted by atomic mass is 9.95. The Kier molecular flexibility index (Phi) is 8.27. The van der Waals surface area contributed by atoms with Gasteiger partial charge in [0.05, 0.1) is 48.2 Å². The van der Waals surface area contributed by atoms with Gasteiger partial charge >= 0.3 is 6.18 Å². The van der Waals surface area contributed by atoms with Gasteiger partial charge in [-0.3, -0.25) is 14.6 Å². The maximum atomic E-state index is 13.3. The number of amides is 2. The summed E-state index contributed by atoms with van der Waals surface area (Å²) in [6.07, 6.45) is -1.24. The summed E-state index contributed by atoms with van der Waals surface area (Å²) in [5.41, 5.74) is 8.71. The molecular formula is C30H32F3N5O3. The van der Waals surface area contributed by atoms with Gasteiger partial charge in [0.25, 0.3) is 5.91 Å². The van der Waals surface area contributed by atoms with Gasteiger partial charge in [-0.2, -0.15) is 13.2 Å². The molecule has 2 aliphatic heterocycles. The molecule has 1 unspecified atom stereocenters. The van der Waals surface area contributed by atoms with Crippen molar-refractivity contribution in [2.45, 2.75) is 25.7 Å². The third kappa shape index (κ3) is 6.36. The number of halogens is 3. The molecule has 1 atom stereocenters. The van der Waals surface area contributed by atoms with E-state index in [4.69, 9.17) is 10.5 Å². The summed E-state index contributed by atoms with van der Waals surface area (Å²) in [7, 11) is 0. The summed E-state index contributed by atoms with van der Waals surface area (Å²) >= 11 is 0. The first kappa shape index (κ1) is 28.6. The number of carbonyl (C=O) groups excluding carboxylic acids is 2. The molecule has 8 nitrogen and oxygen atoms in total. The van der Waals surface area contributed by atoms with Crippen LogP contribution in [0.4, 0.5) is 18.9 Å². The Hall–Kier alpha value is -3.96. The number of aromatic nitrogens is 1. The minimum Gasteiger partial charge on any atom is -0.380 e. The second-order valence-corrected chi connectivity index (χ2v) is 10.4. The van der Waals surface area contributed by atoms with Gasteiger partial charge in [-0.05, 0) is 47.4 Å². The van der Waals surface area contributed by atoms with E-state index in [-0.39, 0.29) is 30.3 Å². The number of hydrogen-bond acceptors (Lipinski definition) is 6. The molecule has 0 radical (unpaired) electrons. The number of carbonyl (C=O) groups is 2. The van der Waals surface area contributed by atoms with Crippen LogP contribution < -0.4 is 16.0 Å². The van der Waals surface area contributed by atoms with Crippen LogP contribution in [0.1, 0.15) is 40.0 Å². The summed E-state index contributed by atoms with van der Waals surface area (Å²) in [6.45, 7) is 5.43. The van der Waals surface area contributed by atoms with E-state index < -0.39 is 11.7 Å². The smallest absolute Gasteiger partial charge is 0.380 e. The number of alkyl halides is 3. The average Bonchev–Trinajstić information content (AvgIpc) is 2.95. The van der Waals surface area contributed by atoms with Gasteiger partial charge < -0.3 is 25.6 Å². The predicted octanol–water partition coefficient (Wildman–Crippen LogP) is 4.01. The Morgan fingerprint density at radius 3 is 2.37 bits per heavy atom. The Morgan fingerprint density at radius 1 is 1.05 bits per heavy atom. The van der Waals surface area contributed by atoms with E-state index in [9.17, 15) is 22.8 Å². The lowest BCUT2D eigenvalue weighted by Crippen LogP contribution is -2.53. The van der Waals surface area contributed by atoms with Crippen molar-refractivity contribution in [3.63, 3.8) is 0 Å². The third-order valence-electron chi connectivity index (χ3n) is 7.66. The van der Waals surface area contributed by atoms with Crippen molar-refractivity contribution in [1.82, 2.24) is 15.2 Å². The molecule has 5 rings (SSSR count). The molecule has 3 heterocycles. The van der Waals surface area contributed by atoms with Crippen molar-refractivity contribution in [3.05, 3.63) is 83.2 Å². The van der Waals surface area contributed by atoms with Crippen molar-refractivity contribution in [2.75, 3.05) is 44.3 Å². The minimum absolute atomic E-state index is 0.0302. The quantitative estimate of drug-likeness (QED) is 0.448. The zero-order valence-corrected chi connectivity index (χ0v) is 22.7. The number of rotatable bonds is 7. The van der Waals surface area contributed by atoms with Gasteiger partial charge in [-0.15, -0.1) is 0 Å². The molecular weight excluding hydrogens is 535 g/mol. The maximum absolute atomic E-state index is 13.3. The van der Waals surface area contributed by atoms with E-state index >= 15 is 0 Å². The standard InChI is InChI=1S/C30H32F3N5O3/c1-19(20-2-4-21(5-3-20)27-13-25(30(31,32)33)7-6-22(27)14-34)36-28(39)23-12-26(16-35-15-23)37-8-10-38(11-9-37)29(40)24-17-41-18-24/h2-7,12-13,15-16,19,24H,8-11,14,17-18,34H2,1H3,(H,36,39). The van der Waals surface area contributed by atoms with Crippen LogP contribution in [-0.4, -0.2) is 61.1 Å². The fraction of sp³-hybridized carbons (Fsp3) is 0.367. The molecule has 3 aromatic rings. The highest BCUT2D eigenvalue weighted by Gasteiger charge is 2.33. The predicted molar refractivity (Wildman–Crippen MR) is 148 cm³/mol. The van der Waals surface area contributed by atoms with Gasteiger partial charge in [0.15, 0.2) is 0 Å². The molecule has 0 bridgehead atoms. The molecule has 2 saturated heterocycles. The number of hydrogen-bond donors (Lipinski definition) is 2. The average molecular weight is 568 g/mol. The zero-order chi connectivity index (χ0) is 29.1. The number of anilines is 1. The fourth-order valence-corrected chi connectivity index (χ4v) is 5.06. The zero-order valence-electron chi connectivity index (χ0n) is 22.7. The molecule has 216 valence electrons. The molecule has 1 aromatic heterocycles. The van der Waals surface area contributed by atoms with Crippen LogP contribution in [0.25, 0.3) is 11.1 Å².